The van der Waals surface area contributed by atoms with Crippen LogP contribution >= 0.6 is 0 Å². The molecule has 0 aliphatic carbocycles. The van der Waals surface area contributed by atoms with E-state index in [9.17, 15) is 15.0 Å². The molecule has 4 N–H and O–H groups in total. The molecule has 0 saturated carbocycles. The summed E-state index contributed by atoms with van der Waals surface area (Å²) in [4.78, 5) is 11.7. The molecule has 0 saturated heterocycles. The van der Waals surface area contributed by atoms with Crippen molar-refractivity contribution >= 4 is 6.03 Å². The summed E-state index contributed by atoms with van der Waals surface area (Å²) in [6, 6.07) is 17.8. The van der Waals surface area contributed by atoms with Crippen molar-refractivity contribution in [3.8, 4) is 0 Å². The number of nitrogens with one attached hydrogen (secondary N) is 2. The normalized spacial score (nSPS) is 13.2. The van der Waals surface area contributed by atoms with Gasteiger partial charge in [-0.3, -0.25) is 0 Å². The molecule has 22 heavy (non-hydrogen) atoms. The molecule has 0 bridgehead atoms. The first kappa shape index (κ1) is 16.0. The summed E-state index contributed by atoms with van der Waals surface area (Å²) in [7, 11) is 0. The molecule has 0 spiro atoms. The topological polar surface area (TPSA) is 81.6 Å². The highest BCUT2D eigenvalue weighted by Crippen LogP contribution is 2.11. The molecule has 116 valence electrons. The van der Waals surface area contributed by atoms with Gasteiger partial charge in [0.25, 0.3) is 0 Å². The van der Waals surface area contributed by atoms with Gasteiger partial charge in [-0.1, -0.05) is 60.7 Å². The van der Waals surface area contributed by atoms with E-state index in [1.54, 1.807) is 24.3 Å². The van der Waals surface area contributed by atoms with Crippen molar-refractivity contribution in [1.29, 1.82) is 0 Å². The van der Waals surface area contributed by atoms with Crippen LogP contribution in [-0.4, -0.2) is 29.3 Å². The predicted molar refractivity (Wildman–Crippen MR) is 84.2 cm³/mol. The van der Waals surface area contributed by atoms with Crippen LogP contribution in [0.15, 0.2) is 60.7 Å². The van der Waals surface area contributed by atoms with Gasteiger partial charge in [0.15, 0.2) is 0 Å². The molecular formula is C17H20N2O3. The Labute approximate surface area is 129 Å². The summed E-state index contributed by atoms with van der Waals surface area (Å²) >= 11 is 0. The monoisotopic (exact) mass is 300 g/mol. The standard InChI is InChI=1S/C17H20N2O3/c20-15(13-7-3-1-4-8-13)11-18-17(22)19-12-16(21)14-9-5-2-6-10-14/h1-10,15-16,20-21H,11-12H2,(H2,18,19,22)/t15-,16-/m1/s1. The second-order valence-electron chi connectivity index (χ2n) is 4.94. The maximum absolute atomic E-state index is 11.7. The van der Waals surface area contributed by atoms with E-state index in [-0.39, 0.29) is 13.1 Å². The molecule has 5 heteroatoms. The van der Waals surface area contributed by atoms with Gasteiger partial charge in [0.2, 0.25) is 0 Å². The van der Waals surface area contributed by atoms with Crippen molar-refractivity contribution in [3.63, 3.8) is 0 Å². The first-order valence-electron chi connectivity index (χ1n) is 7.14. The van der Waals surface area contributed by atoms with Crippen LogP contribution < -0.4 is 10.6 Å². The minimum absolute atomic E-state index is 0.108. The van der Waals surface area contributed by atoms with Gasteiger partial charge >= 0.3 is 6.03 Å². The molecule has 0 aromatic heterocycles. The number of aliphatic hydroxyl groups excluding tert-OH is 2. The summed E-state index contributed by atoms with van der Waals surface area (Å²) < 4.78 is 0. The molecule has 2 amide bonds. The lowest BCUT2D eigenvalue weighted by Gasteiger charge is -2.15. The Bertz CT molecular complexity index is 523. The Morgan fingerprint density at radius 3 is 1.50 bits per heavy atom. The number of carbonyl (C=O) groups excluding carboxylic acids is 1. The SMILES string of the molecule is O=C(NC[C@@H](O)c1ccccc1)NC[C@@H](O)c1ccccc1. The van der Waals surface area contributed by atoms with Gasteiger partial charge in [0, 0.05) is 13.1 Å². The predicted octanol–water partition coefficient (Wildman–Crippen LogP) is 1.75. The van der Waals surface area contributed by atoms with E-state index >= 15 is 0 Å². The van der Waals surface area contributed by atoms with Crippen molar-refractivity contribution in [2.24, 2.45) is 0 Å². The summed E-state index contributed by atoms with van der Waals surface area (Å²) in [5.74, 6) is 0. The molecule has 0 heterocycles. The number of aliphatic hydroxyl groups is 2. The van der Waals surface area contributed by atoms with Crippen LogP contribution in [0.4, 0.5) is 4.79 Å². The average Bonchev–Trinajstić information content (AvgIpc) is 2.59. The summed E-state index contributed by atoms with van der Waals surface area (Å²) in [6.45, 7) is 0.217. The molecule has 0 radical (unpaired) electrons. The van der Waals surface area contributed by atoms with Gasteiger partial charge in [-0.05, 0) is 11.1 Å². The summed E-state index contributed by atoms with van der Waals surface area (Å²) in [5.41, 5.74) is 1.49. The number of hydrogen-bond acceptors (Lipinski definition) is 3. The van der Waals surface area contributed by atoms with Crippen LogP contribution in [0.3, 0.4) is 0 Å². The number of benzene rings is 2. The lowest BCUT2D eigenvalue weighted by atomic mass is 10.1. The van der Waals surface area contributed by atoms with Gasteiger partial charge in [-0.2, -0.15) is 0 Å². The Morgan fingerprint density at radius 1 is 0.773 bits per heavy atom. The fourth-order valence-corrected chi connectivity index (χ4v) is 2.03. The molecular weight excluding hydrogens is 280 g/mol. The zero-order valence-electron chi connectivity index (χ0n) is 12.1. The zero-order valence-corrected chi connectivity index (χ0v) is 12.1. The van der Waals surface area contributed by atoms with Crippen LogP contribution in [0.1, 0.15) is 23.3 Å². The number of urea groups is 1. The van der Waals surface area contributed by atoms with Crippen LogP contribution in [0, 0.1) is 0 Å². The number of rotatable bonds is 6. The first-order chi connectivity index (χ1) is 10.7. The fraction of sp³-hybridized carbons (Fsp3) is 0.235. The van der Waals surface area contributed by atoms with E-state index in [2.05, 4.69) is 10.6 Å². The second kappa shape index (κ2) is 8.17. The van der Waals surface area contributed by atoms with Gasteiger partial charge < -0.3 is 20.8 Å². The van der Waals surface area contributed by atoms with Gasteiger partial charge in [-0.15, -0.1) is 0 Å². The Kier molecular flexibility index (Phi) is 5.94. The van der Waals surface area contributed by atoms with Crippen molar-refractivity contribution in [2.75, 3.05) is 13.1 Å². The number of amides is 2. The van der Waals surface area contributed by atoms with E-state index < -0.39 is 18.2 Å². The highest BCUT2D eigenvalue weighted by Gasteiger charge is 2.11. The maximum atomic E-state index is 11.7. The van der Waals surface area contributed by atoms with Gasteiger partial charge in [-0.25, -0.2) is 4.79 Å². The van der Waals surface area contributed by atoms with Gasteiger partial charge in [0.05, 0.1) is 12.2 Å². The number of carbonyl (C=O) groups is 1. The minimum Gasteiger partial charge on any atom is -0.387 e. The molecule has 2 aromatic carbocycles. The maximum Gasteiger partial charge on any atom is 0.314 e. The Hall–Kier alpha value is -2.37. The van der Waals surface area contributed by atoms with Gasteiger partial charge in [0.1, 0.15) is 0 Å². The third-order valence-corrected chi connectivity index (χ3v) is 3.28. The smallest absolute Gasteiger partial charge is 0.314 e. The third kappa shape index (κ3) is 4.87. The van der Waals surface area contributed by atoms with Crippen molar-refractivity contribution in [3.05, 3.63) is 71.8 Å². The Morgan fingerprint density at radius 2 is 1.14 bits per heavy atom. The van der Waals surface area contributed by atoms with E-state index in [0.29, 0.717) is 0 Å². The molecule has 0 fully saturated rings. The molecule has 0 unspecified atom stereocenters. The molecule has 0 aliphatic rings. The van der Waals surface area contributed by atoms with Crippen LogP contribution in [0.2, 0.25) is 0 Å². The average molecular weight is 300 g/mol. The molecule has 2 rings (SSSR count). The van der Waals surface area contributed by atoms with Crippen molar-refractivity contribution < 1.29 is 15.0 Å². The van der Waals surface area contributed by atoms with Crippen LogP contribution in [0.25, 0.3) is 0 Å². The lowest BCUT2D eigenvalue weighted by molar-refractivity contribution is 0.164. The fourth-order valence-electron chi connectivity index (χ4n) is 2.03. The first-order valence-corrected chi connectivity index (χ1v) is 7.14. The quantitative estimate of drug-likeness (QED) is 0.656. The van der Waals surface area contributed by atoms with E-state index in [1.165, 1.54) is 0 Å². The van der Waals surface area contributed by atoms with Crippen molar-refractivity contribution in [1.82, 2.24) is 10.6 Å². The largest absolute Gasteiger partial charge is 0.387 e. The molecule has 0 aliphatic heterocycles. The van der Waals surface area contributed by atoms with Crippen LogP contribution in [0.5, 0.6) is 0 Å². The summed E-state index contributed by atoms with van der Waals surface area (Å²) in [6.07, 6.45) is -1.52. The van der Waals surface area contributed by atoms with E-state index in [4.69, 9.17) is 0 Å². The van der Waals surface area contributed by atoms with Crippen molar-refractivity contribution in [2.45, 2.75) is 12.2 Å². The molecule has 5 nitrogen and oxygen atoms in total. The second-order valence-corrected chi connectivity index (χ2v) is 4.94. The number of hydrogen-bond donors (Lipinski definition) is 4. The highest BCUT2D eigenvalue weighted by molar-refractivity contribution is 5.73. The molecule has 2 aromatic rings. The Balaban J connectivity index is 1.72. The minimum atomic E-state index is -0.758. The third-order valence-electron chi connectivity index (χ3n) is 3.28. The summed E-state index contributed by atoms with van der Waals surface area (Å²) in [5, 5.41) is 25.0. The van der Waals surface area contributed by atoms with E-state index in [1.807, 2.05) is 36.4 Å². The molecule has 2 atom stereocenters. The van der Waals surface area contributed by atoms with E-state index in [0.717, 1.165) is 11.1 Å². The zero-order chi connectivity index (χ0) is 15.8. The lowest BCUT2D eigenvalue weighted by Crippen LogP contribution is -2.39. The van der Waals surface area contributed by atoms with Crippen LogP contribution in [-0.2, 0) is 0 Å². The highest BCUT2D eigenvalue weighted by atomic mass is 16.3.